The number of rotatable bonds is 5. The second-order valence-corrected chi connectivity index (χ2v) is 6.54. The summed E-state index contributed by atoms with van der Waals surface area (Å²) in [5, 5.41) is 6.28. The summed E-state index contributed by atoms with van der Waals surface area (Å²) in [6.07, 6.45) is 3.13. The minimum Gasteiger partial charge on any atom is -0.442 e. The van der Waals surface area contributed by atoms with E-state index >= 15 is 0 Å². The van der Waals surface area contributed by atoms with Crippen LogP contribution in [-0.4, -0.2) is 28.6 Å². The molecular weight excluding hydrogens is 334 g/mol. The van der Waals surface area contributed by atoms with Crippen molar-refractivity contribution in [3.63, 3.8) is 0 Å². The van der Waals surface area contributed by atoms with E-state index in [2.05, 4.69) is 24.9 Å². The highest BCUT2D eigenvalue weighted by molar-refractivity contribution is 7.89. The van der Waals surface area contributed by atoms with E-state index in [9.17, 15) is 8.42 Å². The van der Waals surface area contributed by atoms with Gasteiger partial charge in [-0.3, -0.25) is 5.10 Å². The molecule has 4 aromatic rings. The van der Waals surface area contributed by atoms with Crippen LogP contribution in [-0.2, 0) is 16.6 Å². The number of aromatic amines is 1. The van der Waals surface area contributed by atoms with Crippen molar-refractivity contribution in [2.24, 2.45) is 0 Å². The molecule has 0 saturated heterocycles. The third-order valence-corrected chi connectivity index (χ3v) is 4.51. The van der Waals surface area contributed by atoms with Gasteiger partial charge < -0.3 is 8.83 Å². The van der Waals surface area contributed by atoms with Crippen LogP contribution in [0.3, 0.4) is 0 Å². The fourth-order valence-corrected chi connectivity index (χ4v) is 3.02. The van der Waals surface area contributed by atoms with Crippen LogP contribution >= 0.6 is 0 Å². The summed E-state index contributed by atoms with van der Waals surface area (Å²) < 4.78 is 37.7. The van der Waals surface area contributed by atoms with Gasteiger partial charge in [-0.25, -0.2) is 13.4 Å². The standard InChI is InChI=1S/C14H11N5O4S/c20-24(21,13-4-3-10(23-13)9-5-7-16-19-9)17-8-12-18-14-11(22-12)2-1-6-15-14/h1-7,17H,8H2,(H,16,19). The number of sulfonamides is 1. The molecule has 4 rings (SSSR count). The number of furan rings is 1. The number of H-pyrrole nitrogens is 1. The predicted molar refractivity (Wildman–Crippen MR) is 82.1 cm³/mol. The number of nitrogens with zero attached hydrogens (tertiary/aromatic N) is 3. The summed E-state index contributed by atoms with van der Waals surface area (Å²) in [5.74, 6) is 0.589. The van der Waals surface area contributed by atoms with Crippen LogP contribution in [0.4, 0.5) is 0 Å². The number of aromatic nitrogens is 4. The molecule has 0 radical (unpaired) electrons. The summed E-state index contributed by atoms with van der Waals surface area (Å²) in [4.78, 5) is 8.13. The van der Waals surface area contributed by atoms with Gasteiger partial charge in [0.25, 0.3) is 10.0 Å². The molecule has 0 aromatic carbocycles. The summed E-state index contributed by atoms with van der Waals surface area (Å²) in [5.41, 5.74) is 1.50. The first kappa shape index (κ1) is 14.6. The average Bonchev–Trinajstić information content (AvgIpc) is 3.31. The van der Waals surface area contributed by atoms with Crippen molar-refractivity contribution in [2.45, 2.75) is 11.6 Å². The quantitative estimate of drug-likeness (QED) is 0.563. The van der Waals surface area contributed by atoms with Gasteiger partial charge in [0.05, 0.1) is 6.54 Å². The van der Waals surface area contributed by atoms with Crippen LogP contribution in [0.15, 0.2) is 56.7 Å². The number of nitrogens with one attached hydrogen (secondary N) is 2. The second-order valence-electron chi connectivity index (χ2n) is 4.85. The van der Waals surface area contributed by atoms with Crippen LogP contribution in [0.1, 0.15) is 5.89 Å². The fourth-order valence-electron chi connectivity index (χ4n) is 2.12. The Morgan fingerprint density at radius 3 is 2.83 bits per heavy atom. The lowest BCUT2D eigenvalue weighted by molar-refractivity contribution is 0.451. The number of pyridine rings is 1. The van der Waals surface area contributed by atoms with Crippen molar-refractivity contribution in [3.05, 3.63) is 48.6 Å². The largest absolute Gasteiger partial charge is 0.442 e. The van der Waals surface area contributed by atoms with Crippen LogP contribution in [0.5, 0.6) is 0 Å². The summed E-state index contributed by atoms with van der Waals surface area (Å²) in [7, 11) is -3.84. The Morgan fingerprint density at radius 1 is 1.12 bits per heavy atom. The Labute approximate surface area is 135 Å². The fraction of sp³-hybridized carbons (Fsp3) is 0.0714. The molecule has 0 fully saturated rings. The van der Waals surface area contributed by atoms with Gasteiger partial charge in [0.2, 0.25) is 11.0 Å². The van der Waals surface area contributed by atoms with E-state index in [-0.39, 0.29) is 17.5 Å². The first-order valence-electron chi connectivity index (χ1n) is 6.91. The normalized spacial score (nSPS) is 12.0. The maximum absolute atomic E-state index is 12.3. The Kier molecular flexibility index (Phi) is 3.40. The molecule has 4 heterocycles. The highest BCUT2D eigenvalue weighted by atomic mass is 32.2. The van der Waals surface area contributed by atoms with Gasteiger partial charge in [0.1, 0.15) is 5.69 Å². The average molecular weight is 345 g/mol. The van der Waals surface area contributed by atoms with E-state index in [0.29, 0.717) is 22.7 Å². The zero-order valence-corrected chi connectivity index (χ0v) is 12.9. The molecule has 0 bridgehead atoms. The molecule has 0 unspecified atom stereocenters. The van der Waals surface area contributed by atoms with E-state index in [4.69, 9.17) is 8.83 Å². The third kappa shape index (κ3) is 2.68. The van der Waals surface area contributed by atoms with Gasteiger partial charge in [-0.1, -0.05) is 0 Å². The second kappa shape index (κ2) is 5.58. The summed E-state index contributed by atoms with van der Waals surface area (Å²) in [6, 6.07) is 8.00. The van der Waals surface area contributed by atoms with E-state index in [1.54, 1.807) is 36.7 Å². The number of oxazole rings is 1. The molecule has 24 heavy (non-hydrogen) atoms. The summed E-state index contributed by atoms with van der Waals surface area (Å²) >= 11 is 0. The highest BCUT2D eigenvalue weighted by Crippen LogP contribution is 2.22. The van der Waals surface area contributed by atoms with Crippen LogP contribution in [0.2, 0.25) is 0 Å². The minimum absolute atomic E-state index is 0.112. The first-order valence-corrected chi connectivity index (χ1v) is 8.40. The molecule has 0 aliphatic heterocycles. The SMILES string of the molecule is O=S(=O)(NCc1nc2ncccc2o1)c1ccc(-c2ccn[nH]2)o1. The minimum atomic E-state index is -3.84. The van der Waals surface area contributed by atoms with Gasteiger partial charge in [-0.15, -0.1) is 0 Å². The molecular formula is C14H11N5O4S. The van der Waals surface area contributed by atoms with Crippen molar-refractivity contribution >= 4 is 21.3 Å². The monoisotopic (exact) mass is 345 g/mol. The molecule has 0 aliphatic carbocycles. The van der Waals surface area contributed by atoms with Gasteiger partial charge in [0.15, 0.2) is 17.0 Å². The van der Waals surface area contributed by atoms with Crippen molar-refractivity contribution in [1.82, 2.24) is 24.9 Å². The van der Waals surface area contributed by atoms with Gasteiger partial charge in [-0.05, 0) is 30.3 Å². The van der Waals surface area contributed by atoms with Gasteiger partial charge in [0, 0.05) is 12.4 Å². The number of hydrogen-bond donors (Lipinski definition) is 2. The van der Waals surface area contributed by atoms with Crippen molar-refractivity contribution < 1.29 is 17.3 Å². The van der Waals surface area contributed by atoms with E-state index in [1.165, 1.54) is 6.07 Å². The van der Waals surface area contributed by atoms with Gasteiger partial charge >= 0.3 is 0 Å². The lowest BCUT2D eigenvalue weighted by Crippen LogP contribution is -2.22. The van der Waals surface area contributed by atoms with Crippen molar-refractivity contribution in [2.75, 3.05) is 0 Å². The van der Waals surface area contributed by atoms with Crippen LogP contribution in [0, 0.1) is 0 Å². The van der Waals surface area contributed by atoms with Gasteiger partial charge in [-0.2, -0.15) is 14.8 Å². The zero-order valence-electron chi connectivity index (χ0n) is 12.1. The Morgan fingerprint density at radius 2 is 2.04 bits per heavy atom. The molecule has 0 saturated carbocycles. The molecule has 0 spiro atoms. The van der Waals surface area contributed by atoms with E-state index in [0.717, 1.165) is 0 Å². The number of fused-ring (bicyclic) bond motifs is 1. The highest BCUT2D eigenvalue weighted by Gasteiger charge is 2.20. The predicted octanol–water partition coefficient (Wildman–Crippen LogP) is 1.68. The lowest BCUT2D eigenvalue weighted by atomic mass is 10.3. The third-order valence-electron chi connectivity index (χ3n) is 3.24. The molecule has 9 nitrogen and oxygen atoms in total. The maximum atomic E-state index is 12.3. The molecule has 0 amide bonds. The number of hydrogen-bond acceptors (Lipinski definition) is 7. The molecule has 0 aliphatic rings. The molecule has 10 heteroatoms. The smallest absolute Gasteiger partial charge is 0.274 e. The molecule has 122 valence electrons. The van der Waals surface area contributed by atoms with Crippen molar-refractivity contribution in [3.8, 4) is 11.5 Å². The first-order chi connectivity index (χ1) is 11.6. The van der Waals surface area contributed by atoms with E-state index < -0.39 is 10.0 Å². The van der Waals surface area contributed by atoms with E-state index in [1.807, 2.05) is 0 Å². The Balaban J connectivity index is 1.53. The topological polar surface area (TPSA) is 127 Å². The molecule has 0 atom stereocenters. The van der Waals surface area contributed by atoms with Crippen LogP contribution < -0.4 is 4.72 Å². The lowest BCUT2D eigenvalue weighted by Gasteiger charge is -2.01. The summed E-state index contributed by atoms with van der Waals surface area (Å²) in [6.45, 7) is -0.112. The maximum Gasteiger partial charge on any atom is 0.274 e. The molecule has 4 aromatic heterocycles. The zero-order chi connectivity index (χ0) is 16.6. The Hall–Kier alpha value is -2.98. The Bertz CT molecular complexity index is 1050. The van der Waals surface area contributed by atoms with Crippen LogP contribution in [0.25, 0.3) is 22.7 Å². The molecule has 2 N–H and O–H groups in total. The van der Waals surface area contributed by atoms with Crippen molar-refractivity contribution in [1.29, 1.82) is 0 Å².